The molecule has 0 bridgehead atoms. The topological polar surface area (TPSA) is 75.3 Å². The second kappa shape index (κ2) is 7.16. The Morgan fingerprint density at radius 2 is 2.00 bits per heavy atom. The van der Waals surface area contributed by atoms with Gasteiger partial charge in [-0.3, -0.25) is 10.2 Å². The third kappa shape index (κ3) is 3.94. The van der Waals surface area contributed by atoms with Crippen molar-refractivity contribution in [2.75, 3.05) is 25.5 Å². The van der Waals surface area contributed by atoms with Crippen LogP contribution in [0.1, 0.15) is 23.3 Å². The number of nitrogens with one attached hydrogen (secondary N) is 2. The van der Waals surface area contributed by atoms with Gasteiger partial charge in [0.15, 0.2) is 0 Å². The monoisotopic (exact) mass is 369 g/mol. The van der Waals surface area contributed by atoms with Gasteiger partial charge in [-0.05, 0) is 51.2 Å². The highest BCUT2D eigenvalue weighted by Crippen LogP contribution is 2.31. The molecule has 2 aromatic rings. The summed E-state index contributed by atoms with van der Waals surface area (Å²) in [5.41, 5.74) is 2.88. The van der Waals surface area contributed by atoms with E-state index in [1.807, 2.05) is 11.5 Å². The summed E-state index contributed by atoms with van der Waals surface area (Å²) in [4.78, 5) is 14.2. The molecule has 2 heterocycles. The molecule has 1 aliphatic heterocycles. The van der Waals surface area contributed by atoms with Crippen LogP contribution in [0.3, 0.4) is 0 Å². The maximum Gasteiger partial charge on any atom is 0.406 e. The number of hydrogen-bond acceptors (Lipinski definition) is 4. The van der Waals surface area contributed by atoms with E-state index in [0.717, 1.165) is 36.2 Å². The lowest BCUT2D eigenvalue weighted by Gasteiger charge is -2.30. The van der Waals surface area contributed by atoms with Crippen LogP contribution < -0.4 is 16.6 Å². The van der Waals surface area contributed by atoms with E-state index in [1.165, 1.54) is 6.07 Å². The molecular formula is C17H22F3N5O. The molecule has 0 radical (unpaired) electrons. The van der Waals surface area contributed by atoms with Crippen LogP contribution in [0.2, 0.25) is 0 Å². The highest BCUT2D eigenvalue weighted by Gasteiger charge is 2.31. The molecule has 26 heavy (non-hydrogen) atoms. The maximum absolute atomic E-state index is 13.0. The predicted octanol–water partition coefficient (Wildman–Crippen LogP) is 2.31. The van der Waals surface area contributed by atoms with E-state index in [1.54, 1.807) is 12.1 Å². The number of hydrogen-bond donors (Lipinski definition) is 3. The molecule has 0 spiro atoms. The standard InChI is InChI=1S/C17H22F3N5O/c1-24-7-5-11(6-8-24)22-13-3-2-4-14-12(13)9-15(16(26)23-21)25(14)10-17(18,19)20/h2-4,9,11,22H,5-8,10,21H2,1H3,(H,23,26). The molecule has 1 aliphatic rings. The van der Waals surface area contributed by atoms with Gasteiger partial charge in [-0.1, -0.05) is 6.07 Å². The van der Waals surface area contributed by atoms with E-state index >= 15 is 0 Å². The van der Waals surface area contributed by atoms with E-state index < -0.39 is 18.6 Å². The molecule has 1 saturated heterocycles. The normalized spacial score (nSPS) is 16.8. The summed E-state index contributed by atoms with van der Waals surface area (Å²) in [5, 5.41) is 4.00. The van der Waals surface area contributed by atoms with Crippen LogP contribution in [0.25, 0.3) is 10.9 Å². The van der Waals surface area contributed by atoms with Gasteiger partial charge in [-0.2, -0.15) is 13.2 Å². The maximum atomic E-state index is 13.0. The lowest BCUT2D eigenvalue weighted by Crippen LogP contribution is -2.36. The van der Waals surface area contributed by atoms with E-state index in [-0.39, 0.29) is 11.7 Å². The zero-order chi connectivity index (χ0) is 18.9. The lowest BCUT2D eigenvalue weighted by molar-refractivity contribution is -0.140. The summed E-state index contributed by atoms with van der Waals surface area (Å²) in [7, 11) is 2.06. The van der Waals surface area contributed by atoms with E-state index in [0.29, 0.717) is 10.9 Å². The van der Waals surface area contributed by atoms with Crippen LogP contribution in [-0.2, 0) is 6.54 Å². The fourth-order valence-corrected chi connectivity index (χ4v) is 3.39. The number of hydrazine groups is 1. The molecule has 3 rings (SSSR count). The summed E-state index contributed by atoms with van der Waals surface area (Å²) in [6.07, 6.45) is -2.55. The number of benzene rings is 1. The number of nitrogens with zero attached hydrogens (tertiary/aromatic N) is 2. The first-order valence-corrected chi connectivity index (χ1v) is 8.43. The highest BCUT2D eigenvalue weighted by molar-refractivity contribution is 6.02. The van der Waals surface area contributed by atoms with Crippen molar-refractivity contribution in [2.24, 2.45) is 5.84 Å². The van der Waals surface area contributed by atoms with Crippen molar-refractivity contribution in [3.8, 4) is 0 Å². The molecule has 0 saturated carbocycles. The number of anilines is 1. The summed E-state index contributed by atoms with van der Waals surface area (Å²) in [6.45, 7) is 0.671. The van der Waals surface area contributed by atoms with Gasteiger partial charge in [0.1, 0.15) is 12.2 Å². The number of nitrogens with two attached hydrogens (primary N) is 1. The van der Waals surface area contributed by atoms with Crippen molar-refractivity contribution in [1.82, 2.24) is 14.9 Å². The number of amides is 1. The second-order valence-electron chi connectivity index (χ2n) is 6.66. The number of carbonyl (C=O) groups is 1. The molecule has 0 atom stereocenters. The summed E-state index contributed by atoms with van der Waals surface area (Å²) in [6, 6.07) is 6.79. The number of fused-ring (bicyclic) bond motifs is 1. The van der Waals surface area contributed by atoms with Gasteiger partial charge in [-0.25, -0.2) is 5.84 Å². The minimum Gasteiger partial charge on any atom is -0.382 e. The van der Waals surface area contributed by atoms with Crippen molar-refractivity contribution in [3.63, 3.8) is 0 Å². The van der Waals surface area contributed by atoms with Gasteiger partial charge in [0.2, 0.25) is 0 Å². The Labute approximate surface area is 149 Å². The van der Waals surface area contributed by atoms with Crippen molar-refractivity contribution < 1.29 is 18.0 Å². The van der Waals surface area contributed by atoms with Crippen LogP contribution in [0.15, 0.2) is 24.3 Å². The van der Waals surface area contributed by atoms with Crippen LogP contribution >= 0.6 is 0 Å². The molecular weight excluding hydrogens is 347 g/mol. The second-order valence-corrected chi connectivity index (χ2v) is 6.66. The largest absolute Gasteiger partial charge is 0.406 e. The zero-order valence-corrected chi connectivity index (χ0v) is 14.4. The average molecular weight is 369 g/mol. The zero-order valence-electron chi connectivity index (χ0n) is 14.4. The van der Waals surface area contributed by atoms with E-state index in [9.17, 15) is 18.0 Å². The van der Waals surface area contributed by atoms with Crippen LogP contribution in [-0.4, -0.2) is 47.7 Å². The van der Waals surface area contributed by atoms with Crippen LogP contribution in [0, 0.1) is 0 Å². The van der Waals surface area contributed by atoms with Crippen molar-refractivity contribution in [1.29, 1.82) is 0 Å². The minimum absolute atomic E-state index is 0.113. The molecule has 1 aromatic heterocycles. The van der Waals surface area contributed by atoms with Gasteiger partial charge >= 0.3 is 6.18 Å². The van der Waals surface area contributed by atoms with Crippen molar-refractivity contribution in [2.45, 2.75) is 31.6 Å². The van der Waals surface area contributed by atoms with Gasteiger partial charge in [0, 0.05) is 17.1 Å². The number of nitrogen functional groups attached to an aromatic ring is 1. The molecule has 142 valence electrons. The molecule has 6 nitrogen and oxygen atoms in total. The number of alkyl halides is 3. The number of rotatable bonds is 4. The fraction of sp³-hybridized carbons (Fsp3) is 0.471. The van der Waals surface area contributed by atoms with Gasteiger partial charge < -0.3 is 14.8 Å². The Morgan fingerprint density at radius 1 is 1.31 bits per heavy atom. The SMILES string of the molecule is CN1CCC(Nc2cccc3c2cc(C(=O)NN)n3CC(F)(F)F)CC1. The highest BCUT2D eigenvalue weighted by atomic mass is 19.4. The summed E-state index contributed by atoms with van der Waals surface area (Å²) < 4.78 is 40.0. The van der Waals surface area contributed by atoms with Gasteiger partial charge in [0.05, 0.1) is 5.52 Å². The van der Waals surface area contributed by atoms with Crippen molar-refractivity contribution >= 4 is 22.5 Å². The molecule has 4 N–H and O–H groups in total. The Hall–Kier alpha value is -2.26. The number of carbonyl (C=O) groups excluding carboxylic acids is 1. The minimum atomic E-state index is -4.45. The first-order valence-electron chi connectivity index (χ1n) is 8.43. The quantitative estimate of drug-likeness (QED) is 0.439. The third-order valence-corrected chi connectivity index (χ3v) is 4.73. The van der Waals surface area contributed by atoms with Gasteiger partial charge in [0.25, 0.3) is 5.91 Å². The van der Waals surface area contributed by atoms with E-state index in [2.05, 4.69) is 17.3 Å². The van der Waals surface area contributed by atoms with Gasteiger partial charge in [-0.15, -0.1) is 0 Å². The fourth-order valence-electron chi connectivity index (χ4n) is 3.39. The van der Waals surface area contributed by atoms with Crippen LogP contribution in [0.5, 0.6) is 0 Å². The Kier molecular flexibility index (Phi) is 5.10. The average Bonchev–Trinajstić information content (AvgIpc) is 2.94. The molecule has 0 aliphatic carbocycles. The summed E-state index contributed by atoms with van der Waals surface area (Å²) in [5.74, 6) is 4.39. The number of likely N-dealkylation sites (tertiary alicyclic amines) is 1. The first-order chi connectivity index (χ1) is 12.3. The molecule has 1 fully saturated rings. The number of piperidine rings is 1. The molecule has 1 aromatic carbocycles. The first kappa shape index (κ1) is 18.5. The molecule has 0 unspecified atom stereocenters. The Balaban J connectivity index is 1.99. The lowest BCUT2D eigenvalue weighted by atomic mass is 10.0. The smallest absolute Gasteiger partial charge is 0.382 e. The van der Waals surface area contributed by atoms with Crippen LogP contribution in [0.4, 0.5) is 18.9 Å². The third-order valence-electron chi connectivity index (χ3n) is 4.73. The van der Waals surface area contributed by atoms with Crippen molar-refractivity contribution in [3.05, 3.63) is 30.0 Å². The van der Waals surface area contributed by atoms with E-state index in [4.69, 9.17) is 5.84 Å². The Bertz CT molecular complexity index is 794. The predicted molar refractivity (Wildman–Crippen MR) is 93.8 cm³/mol. The Morgan fingerprint density at radius 3 is 2.62 bits per heavy atom. The summed E-state index contributed by atoms with van der Waals surface area (Å²) >= 11 is 0. The number of aromatic nitrogens is 1. The molecule has 1 amide bonds. The molecule has 9 heteroatoms. The number of halogens is 3.